The van der Waals surface area contributed by atoms with Gasteiger partial charge < -0.3 is 65.4 Å². The molecule has 0 bridgehead atoms. The van der Waals surface area contributed by atoms with Crippen LogP contribution in [0.4, 0.5) is 0 Å². The third-order valence-electron chi connectivity index (χ3n) is 26.3. The Balaban J connectivity index is 0.000000211. The lowest BCUT2D eigenvalue weighted by atomic mass is 9.88. The molecule has 6 aliphatic rings. The molecule has 6 aliphatic heterocycles. The van der Waals surface area contributed by atoms with Crippen LogP contribution in [-0.2, 0) is 65.1 Å². The Bertz CT molecular complexity index is 4440. The molecule has 0 radical (unpaired) electrons. The van der Waals surface area contributed by atoms with E-state index >= 15 is 0 Å². The Morgan fingerprint density at radius 2 is 0.607 bits per heavy atom. The van der Waals surface area contributed by atoms with E-state index in [0.29, 0.717) is 25.7 Å². The number of esters is 1. The summed E-state index contributed by atoms with van der Waals surface area (Å²) in [5.41, 5.74) is -0.587. The highest BCUT2D eigenvalue weighted by Crippen LogP contribution is 2.52. The molecule has 15 nitrogen and oxygen atoms in total. The highest BCUT2D eigenvalue weighted by atomic mass is 28.4. The molecule has 1 N–H and O–H groups in total. The van der Waals surface area contributed by atoms with E-state index in [2.05, 4.69) is 339 Å². The second kappa shape index (κ2) is 39.1. The number of methoxy groups -OCH3 is 2. The van der Waals surface area contributed by atoms with Gasteiger partial charge in [-0.3, -0.25) is 4.79 Å². The van der Waals surface area contributed by atoms with Gasteiger partial charge in [0.2, 0.25) is 0 Å². The first-order valence-electron chi connectivity index (χ1n) is 44.5. The number of aliphatic hydroxyl groups excluding tert-OH is 1. The van der Waals surface area contributed by atoms with Gasteiger partial charge in [0, 0.05) is 40.1 Å². The molecule has 6 fully saturated rings. The van der Waals surface area contributed by atoms with Crippen LogP contribution in [0.3, 0.4) is 0 Å². The van der Waals surface area contributed by atoms with Crippen molar-refractivity contribution in [3.63, 3.8) is 0 Å². The largest absolute Gasteiger partial charge is 0.465 e. The van der Waals surface area contributed by atoms with Gasteiger partial charge in [0.05, 0.1) is 60.9 Å². The molecule has 6 heterocycles. The molecule has 654 valence electrons. The van der Waals surface area contributed by atoms with E-state index in [4.69, 9.17) is 60.3 Å². The second-order valence-corrected chi connectivity index (χ2v) is 56.3. The van der Waals surface area contributed by atoms with Gasteiger partial charge in [-0.25, -0.2) is 0 Å². The maximum atomic E-state index is 12.8. The molecule has 14 rings (SSSR count). The average Bonchev–Trinajstić information content (AvgIpc) is 1.48. The molecule has 0 spiro atoms. The zero-order chi connectivity index (χ0) is 87.1. The van der Waals surface area contributed by atoms with Gasteiger partial charge >= 0.3 is 5.97 Å². The van der Waals surface area contributed by atoms with Crippen LogP contribution in [-0.4, -0.2) is 182 Å². The smallest absolute Gasteiger partial charge is 0.311 e. The van der Waals surface area contributed by atoms with Gasteiger partial charge in [0.15, 0.2) is 0 Å². The molecule has 2 unspecified atom stereocenters. The lowest BCUT2D eigenvalue weighted by Gasteiger charge is -2.53. The fraction of sp³-hybridized carbons (Fsp3) is 0.485. The van der Waals surface area contributed by atoms with Crippen molar-refractivity contribution in [3.8, 4) is 0 Å². The summed E-state index contributed by atoms with van der Waals surface area (Å²) in [7, 11) is -9.09. The molecule has 8 aromatic carbocycles. The maximum absolute atomic E-state index is 12.8. The molecule has 0 amide bonds. The monoisotopic (exact) mass is 1720 g/mol. The zero-order valence-electron chi connectivity index (χ0n) is 75.3. The number of hydrogen-bond donors (Lipinski definition) is 1. The molecule has 8 aromatic rings. The van der Waals surface area contributed by atoms with Crippen LogP contribution in [0.2, 0.25) is 20.2 Å². The third-order valence-corrected chi connectivity index (χ3v) is 46.5. The molecule has 0 saturated carbocycles. The lowest BCUT2D eigenvalue weighted by Crippen LogP contribution is -2.73. The van der Waals surface area contributed by atoms with Crippen LogP contribution in [0.1, 0.15) is 155 Å². The van der Waals surface area contributed by atoms with Crippen LogP contribution in [0.5, 0.6) is 0 Å². The van der Waals surface area contributed by atoms with Crippen molar-refractivity contribution in [2.24, 2.45) is 5.41 Å². The number of ether oxygens (including phenoxy) is 9. The number of carbonyl (C=O) groups is 1. The van der Waals surface area contributed by atoms with Crippen LogP contribution in [0, 0.1) is 5.41 Å². The summed E-state index contributed by atoms with van der Waals surface area (Å²) < 4.78 is 94.2. The predicted octanol–water partition coefficient (Wildman–Crippen LogP) is 15.5. The number of carbonyl (C=O) groups excluding carboxylic acids is 1. The first kappa shape index (κ1) is 92.7. The van der Waals surface area contributed by atoms with Crippen LogP contribution in [0.15, 0.2) is 268 Å². The molecule has 18 atom stereocenters. The topological polar surface area (TPSA) is 157 Å². The first-order chi connectivity index (χ1) is 58.3. The SMILES string of the molecule is C=CC(C[C@H]1O[C@H]2[C@@H](O[Si](c3ccccc3)(c3ccccc3)C(C)(C)C)[C@H]3O[C@@H](CCO)CC[C@@H]3O[C@H]2[C@H]1O[Si](c1ccccc1)(c1ccccc1)C(C)(C)C)OC.C=CC(C[C@H]1O[C@H]2[C@@H](O[Si](c3ccccc3)(c3ccccc3)C(C)(C)C)[C@H]3O[C@@H](CCOC(=O)C(C)(C)C)CC[C@@H]3O[C@H]2[C@H]1O[Si](c1ccccc1)(c1ccccc1)C(C)(C)C)OC. The van der Waals surface area contributed by atoms with Crippen LogP contribution < -0.4 is 41.5 Å². The molecular weight excluding hydrogens is 1590 g/mol. The van der Waals surface area contributed by atoms with Crippen LogP contribution >= 0.6 is 0 Å². The molecular formula is C103H136O15Si4. The standard InChI is InChI=1S/C54H72O8Si2.C49H64O7Si2/c1-12-38(56-11)37-45-47(61-63(53(5,6)7,40-25-17-13-18-26-40)41-27-19-14-20-28-41)48-49(60-45)50(46-44(59-48)34-33-39(58-46)35-36-57-51(55)52(2,3)4)62-64(54(8,9)10,42-29-21-15-22-30-42)43-31-23-16-24-32-43;1-9-35(51-8)34-42-44(55-57(48(2,3)4,37-22-14-10-15-23-37)38-24-16-11-17-25-38)45-46(54-42)47(43-41(53-45)31-30-36(52-43)32-33-50)56-58(49(5,6)7,39-26-18-12-19-27-39)40-28-20-13-21-29-40/h12-32,38-39,44-50H,1,33-37H2,2-11H3;9-29,35-36,41-47,50H,1,30-34H2,2-8H3/t38?,39-,44+,45-,46+,47+,48+,49-,50+;35?,36-,41+,42-,43+,44+,45+,46-,47+/m11/s1. The van der Waals surface area contributed by atoms with Crippen molar-refractivity contribution >= 4 is 80.7 Å². The molecule has 19 heteroatoms. The van der Waals surface area contributed by atoms with Crippen molar-refractivity contribution in [2.75, 3.05) is 27.4 Å². The molecule has 0 aliphatic carbocycles. The number of hydrogen-bond acceptors (Lipinski definition) is 15. The number of rotatable bonds is 29. The Kier molecular flexibility index (Phi) is 29.7. The molecule has 122 heavy (non-hydrogen) atoms. The lowest BCUT2D eigenvalue weighted by molar-refractivity contribution is -0.256. The van der Waals surface area contributed by atoms with Gasteiger partial charge in [-0.2, -0.15) is 0 Å². The number of fused-ring (bicyclic) bond motifs is 4. The summed E-state index contributed by atoms with van der Waals surface area (Å²) in [6.07, 6.45) is 1.80. The minimum Gasteiger partial charge on any atom is -0.465 e. The zero-order valence-corrected chi connectivity index (χ0v) is 79.3. The van der Waals surface area contributed by atoms with Gasteiger partial charge in [0.25, 0.3) is 33.3 Å². The fourth-order valence-electron chi connectivity index (χ4n) is 20.4. The first-order valence-corrected chi connectivity index (χ1v) is 52.1. The van der Waals surface area contributed by atoms with Gasteiger partial charge in [0.1, 0.15) is 61.0 Å². The summed E-state index contributed by atoms with van der Waals surface area (Å²) in [4.78, 5) is 12.8. The van der Waals surface area contributed by atoms with Crippen molar-refractivity contribution in [2.45, 2.75) is 285 Å². The van der Waals surface area contributed by atoms with E-state index in [9.17, 15) is 9.90 Å². The summed E-state index contributed by atoms with van der Waals surface area (Å²) in [6, 6.07) is 86.2. The minimum absolute atomic E-state index is 0.0577. The van der Waals surface area contributed by atoms with Crippen molar-refractivity contribution in [1.29, 1.82) is 0 Å². The Morgan fingerprint density at radius 1 is 0.361 bits per heavy atom. The van der Waals surface area contributed by atoms with E-state index in [1.807, 2.05) is 32.9 Å². The van der Waals surface area contributed by atoms with Crippen LogP contribution in [0.25, 0.3) is 0 Å². The van der Waals surface area contributed by atoms with E-state index in [-0.39, 0.29) is 76.0 Å². The average molecular weight is 1730 g/mol. The van der Waals surface area contributed by atoms with Crippen molar-refractivity contribution in [1.82, 2.24) is 0 Å². The van der Waals surface area contributed by atoms with Crippen molar-refractivity contribution < 1.29 is 70.2 Å². The summed E-state index contributed by atoms with van der Waals surface area (Å²) in [6.45, 7) is 42.0. The van der Waals surface area contributed by atoms with Gasteiger partial charge in [-0.1, -0.05) is 338 Å². The van der Waals surface area contributed by atoms with E-state index in [1.165, 1.54) is 41.5 Å². The second-order valence-electron chi connectivity index (χ2n) is 39.3. The van der Waals surface area contributed by atoms with Gasteiger partial charge in [-0.15, -0.1) is 13.2 Å². The molecule has 0 aromatic heterocycles. The van der Waals surface area contributed by atoms with E-state index in [0.717, 1.165) is 25.7 Å². The number of aliphatic hydroxyl groups is 1. The molecule has 6 saturated heterocycles. The Morgan fingerprint density at radius 3 is 0.836 bits per heavy atom. The quantitative estimate of drug-likeness (QED) is 0.0268. The van der Waals surface area contributed by atoms with E-state index in [1.54, 1.807) is 14.2 Å². The van der Waals surface area contributed by atoms with E-state index < -0.39 is 112 Å². The Labute approximate surface area is 732 Å². The predicted molar refractivity (Wildman–Crippen MR) is 498 cm³/mol. The minimum atomic E-state index is -3.19. The summed E-state index contributed by atoms with van der Waals surface area (Å²) >= 11 is 0. The fourth-order valence-corrected chi connectivity index (χ4v) is 39.2. The number of benzene rings is 8. The van der Waals surface area contributed by atoms with Crippen molar-refractivity contribution in [3.05, 3.63) is 268 Å². The summed E-state index contributed by atoms with van der Waals surface area (Å²) in [5, 5.41) is 18.4. The third kappa shape index (κ3) is 18.9. The maximum Gasteiger partial charge on any atom is 0.311 e. The normalized spacial score (nSPS) is 26.4. The summed E-state index contributed by atoms with van der Waals surface area (Å²) in [5.74, 6) is -0.218. The Hall–Kier alpha value is -6.94. The highest BCUT2D eigenvalue weighted by Gasteiger charge is 2.68. The highest BCUT2D eigenvalue weighted by molar-refractivity contribution is 7.01. The van der Waals surface area contributed by atoms with Gasteiger partial charge in [-0.05, 0) is 115 Å².